The molecule has 1 amide bonds. The van der Waals surface area contributed by atoms with Crippen LogP contribution in [0, 0.1) is 0 Å². The van der Waals surface area contributed by atoms with Gasteiger partial charge in [0.15, 0.2) is 0 Å². The second kappa shape index (κ2) is 5.46. The molecule has 86 valence electrons. The summed E-state index contributed by atoms with van der Waals surface area (Å²) in [6.07, 6.45) is 0. The summed E-state index contributed by atoms with van der Waals surface area (Å²) in [6.45, 7) is 2.38. The number of carbonyl (C=O) groups is 2. The number of likely N-dealkylation sites (N-methyl/N-ethyl adjacent to an activating group) is 1. The average Bonchev–Trinajstić information content (AvgIpc) is 2.22. The van der Waals surface area contributed by atoms with Gasteiger partial charge < -0.3 is 9.64 Å². The summed E-state index contributed by atoms with van der Waals surface area (Å²) in [6, 6.07) is 0. The van der Waals surface area contributed by atoms with E-state index in [0.29, 0.717) is 19.6 Å². The van der Waals surface area contributed by atoms with E-state index in [1.54, 1.807) is 11.9 Å². The maximum Gasteiger partial charge on any atom is 0.320 e. The average molecular weight is 279 g/mol. The van der Waals surface area contributed by atoms with Gasteiger partial charge in [-0.05, 0) is 0 Å². The Morgan fingerprint density at radius 3 is 2.80 bits per heavy atom. The van der Waals surface area contributed by atoms with Gasteiger partial charge in [-0.2, -0.15) is 0 Å². The molecule has 1 heterocycles. The van der Waals surface area contributed by atoms with Crippen molar-refractivity contribution in [2.75, 3.05) is 40.3 Å². The summed E-state index contributed by atoms with van der Waals surface area (Å²) in [5.41, 5.74) is 0. The van der Waals surface area contributed by atoms with Crippen LogP contribution in [0.15, 0.2) is 0 Å². The van der Waals surface area contributed by atoms with Crippen LogP contribution in [-0.4, -0.2) is 66.8 Å². The molecule has 6 heteroatoms. The van der Waals surface area contributed by atoms with E-state index in [0.717, 1.165) is 6.54 Å². The number of ether oxygens (including phenoxy) is 1. The van der Waals surface area contributed by atoms with Gasteiger partial charge in [-0.25, -0.2) is 0 Å². The van der Waals surface area contributed by atoms with Crippen molar-refractivity contribution < 1.29 is 14.3 Å². The number of alkyl halides is 1. The highest BCUT2D eigenvalue weighted by Gasteiger charge is 2.25. The summed E-state index contributed by atoms with van der Waals surface area (Å²) >= 11 is 3.23. The molecule has 1 unspecified atom stereocenters. The zero-order chi connectivity index (χ0) is 11.4. The monoisotopic (exact) mass is 278 g/mol. The van der Waals surface area contributed by atoms with Crippen LogP contribution < -0.4 is 0 Å². The van der Waals surface area contributed by atoms with E-state index in [1.807, 2.05) is 4.90 Å². The second-order valence-electron chi connectivity index (χ2n) is 3.54. The molecule has 1 fully saturated rings. The third-order valence-electron chi connectivity index (χ3n) is 2.41. The van der Waals surface area contributed by atoms with Crippen LogP contribution in [0.2, 0.25) is 0 Å². The smallest absolute Gasteiger partial charge is 0.320 e. The molecule has 0 radical (unpaired) electrons. The molecule has 15 heavy (non-hydrogen) atoms. The number of halogens is 1. The SMILES string of the molecule is COC(=O)C(Br)CN1CCN(C)C(=O)C1. The maximum absolute atomic E-state index is 11.4. The number of hydrogen-bond acceptors (Lipinski definition) is 4. The zero-order valence-corrected chi connectivity index (χ0v) is 10.5. The van der Waals surface area contributed by atoms with E-state index >= 15 is 0 Å². The number of nitrogens with zero attached hydrogens (tertiary/aromatic N) is 2. The van der Waals surface area contributed by atoms with Gasteiger partial charge in [-0.15, -0.1) is 0 Å². The van der Waals surface area contributed by atoms with E-state index < -0.39 is 0 Å². The summed E-state index contributed by atoms with van der Waals surface area (Å²) in [5.74, 6) is -0.216. The van der Waals surface area contributed by atoms with Crippen molar-refractivity contribution in [2.24, 2.45) is 0 Å². The zero-order valence-electron chi connectivity index (χ0n) is 8.90. The van der Waals surface area contributed by atoms with Crippen molar-refractivity contribution in [1.29, 1.82) is 0 Å². The van der Waals surface area contributed by atoms with Crippen molar-refractivity contribution in [3.05, 3.63) is 0 Å². The molecule has 0 bridgehead atoms. The van der Waals surface area contributed by atoms with Crippen molar-refractivity contribution >= 4 is 27.8 Å². The quantitative estimate of drug-likeness (QED) is 0.525. The second-order valence-corrected chi connectivity index (χ2v) is 4.65. The summed E-state index contributed by atoms with van der Waals surface area (Å²) in [4.78, 5) is 25.8. The van der Waals surface area contributed by atoms with Gasteiger partial charge in [0.05, 0.1) is 13.7 Å². The Labute approximate surface area is 97.5 Å². The minimum absolute atomic E-state index is 0.0887. The lowest BCUT2D eigenvalue weighted by Crippen LogP contribution is -2.50. The number of methoxy groups -OCH3 is 1. The highest BCUT2D eigenvalue weighted by molar-refractivity contribution is 9.10. The van der Waals surface area contributed by atoms with E-state index in [2.05, 4.69) is 20.7 Å². The van der Waals surface area contributed by atoms with Gasteiger partial charge >= 0.3 is 5.97 Å². The number of hydrogen-bond donors (Lipinski definition) is 0. The third kappa shape index (κ3) is 3.46. The van der Waals surface area contributed by atoms with Crippen molar-refractivity contribution in [1.82, 2.24) is 9.80 Å². The third-order valence-corrected chi connectivity index (χ3v) is 3.08. The Bertz CT molecular complexity index is 260. The molecule has 5 nitrogen and oxygen atoms in total. The lowest BCUT2D eigenvalue weighted by Gasteiger charge is -2.32. The lowest BCUT2D eigenvalue weighted by molar-refractivity contribution is -0.141. The van der Waals surface area contributed by atoms with E-state index in [9.17, 15) is 9.59 Å². The Morgan fingerprint density at radius 1 is 1.60 bits per heavy atom. The predicted octanol–water partition coefficient (Wildman–Crippen LogP) is -0.303. The highest BCUT2D eigenvalue weighted by Crippen LogP contribution is 2.08. The first-order valence-electron chi connectivity index (χ1n) is 4.73. The maximum atomic E-state index is 11.4. The van der Waals surface area contributed by atoms with Gasteiger partial charge in [0.1, 0.15) is 4.83 Å². The Kier molecular flexibility index (Phi) is 4.53. The molecule has 0 aromatic carbocycles. The largest absolute Gasteiger partial charge is 0.468 e. The van der Waals surface area contributed by atoms with E-state index in [-0.39, 0.29) is 16.7 Å². The van der Waals surface area contributed by atoms with Gasteiger partial charge in [-0.3, -0.25) is 14.5 Å². The van der Waals surface area contributed by atoms with Gasteiger partial charge in [-0.1, -0.05) is 15.9 Å². The van der Waals surface area contributed by atoms with Crippen LogP contribution in [0.25, 0.3) is 0 Å². The fourth-order valence-corrected chi connectivity index (χ4v) is 1.99. The minimum atomic E-state index is -0.362. The first-order valence-corrected chi connectivity index (χ1v) is 5.64. The normalized spacial score (nSPS) is 20.2. The predicted molar refractivity (Wildman–Crippen MR) is 58.8 cm³/mol. The van der Waals surface area contributed by atoms with Crippen molar-refractivity contribution in [3.63, 3.8) is 0 Å². The molecular formula is C9H15BrN2O3. The number of carbonyl (C=O) groups excluding carboxylic acids is 2. The Morgan fingerprint density at radius 2 is 2.27 bits per heavy atom. The summed E-state index contributed by atoms with van der Waals surface area (Å²) in [5, 5.41) is 0. The number of rotatable bonds is 3. The molecule has 0 saturated carbocycles. The molecule has 0 N–H and O–H groups in total. The first kappa shape index (κ1) is 12.4. The molecule has 0 aromatic heterocycles. The van der Waals surface area contributed by atoms with Crippen molar-refractivity contribution in [3.8, 4) is 0 Å². The van der Waals surface area contributed by atoms with Crippen LogP contribution in [-0.2, 0) is 14.3 Å². The Hall–Kier alpha value is -0.620. The fourth-order valence-electron chi connectivity index (χ4n) is 1.39. The van der Waals surface area contributed by atoms with Crippen molar-refractivity contribution in [2.45, 2.75) is 4.83 Å². The van der Waals surface area contributed by atoms with Crippen LogP contribution in [0.5, 0.6) is 0 Å². The standard InChI is InChI=1S/C9H15BrN2O3/c1-11-3-4-12(6-8(11)13)5-7(10)9(14)15-2/h7H,3-6H2,1-2H3. The topological polar surface area (TPSA) is 49.9 Å². The first-order chi connectivity index (χ1) is 7.04. The number of esters is 1. The fraction of sp³-hybridized carbons (Fsp3) is 0.778. The molecule has 1 saturated heterocycles. The van der Waals surface area contributed by atoms with Crippen LogP contribution in [0.1, 0.15) is 0 Å². The lowest BCUT2D eigenvalue weighted by atomic mass is 10.3. The molecule has 0 spiro atoms. The molecule has 1 aliphatic heterocycles. The highest BCUT2D eigenvalue weighted by atomic mass is 79.9. The van der Waals surface area contributed by atoms with E-state index in [1.165, 1.54) is 7.11 Å². The molecule has 1 atom stereocenters. The number of piperazine rings is 1. The van der Waals surface area contributed by atoms with Gasteiger partial charge in [0.25, 0.3) is 0 Å². The molecule has 1 rings (SSSR count). The molecule has 1 aliphatic rings. The Balaban J connectivity index is 2.40. The number of amides is 1. The van der Waals surface area contributed by atoms with Gasteiger partial charge in [0, 0.05) is 26.7 Å². The summed E-state index contributed by atoms with van der Waals surface area (Å²) < 4.78 is 4.59. The van der Waals surface area contributed by atoms with Crippen LogP contribution in [0.3, 0.4) is 0 Å². The minimum Gasteiger partial charge on any atom is -0.468 e. The van der Waals surface area contributed by atoms with Crippen LogP contribution in [0.4, 0.5) is 0 Å². The summed E-state index contributed by atoms with van der Waals surface area (Å²) in [7, 11) is 3.14. The van der Waals surface area contributed by atoms with Crippen LogP contribution >= 0.6 is 15.9 Å². The van der Waals surface area contributed by atoms with Gasteiger partial charge in [0.2, 0.25) is 5.91 Å². The molecule has 0 aromatic rings. The molecule has 0 aliphatic carbocycles. The van der Waals surface area contributed by atoms with E-state index in [4.69, 9.17) is 0 Å². The molecular weight excluding hydrogens is 264 g/mol.